The van der Waals surface area contributed by atoms with Crippen LogP contribution in [0.5, 0.6) is 0 Å². The van der Waals surface area contributed by atoms with Crippen molar-refractivity contribution in [2.75, 3.05) is 6.67 Å². The first-order chi connectivity index (χ1) is 14.0. The number of aliphatic hydroxyl groups excluding tert-OH is 1. The fraction of sp³-hybridized carbons (Fsp3) is 1.00. The first-order valence-electron chi connectivity index (χ1n) is 12.0. The second kappa shape index (κ2) is 6.82. The molecule has 0 aliphatic heterocycles. The Kier molecular flexibility index (Phi) is 4.88. The highest BCUT2D eigenvalue weighted by molar-refractivity contribution is 5.18. The topological polar surface area (TPSA) is 40.5 Å². The fourth-order valence-electron chi connectivity index (χ4n) is 9.53. The number of rotatable bonds is 3. The molecule has 5 saturated carbocycles. The summed E-state index contributed by atoms with van der Waals surface area (Å²) in [7, 11) is 0. The van der Waals surface area contributed by atoms with Gasteiger partial charge in [0.05, 0.1) is 6.10 Å². The van der Waals surface area contributed by atoms with Crippen LogP contribution < -0.4 is 0 Å². The van der Waals surface area contributed by atoms with Crippen molar-refractivity contribution in [2.45, 2.75) is 83.1 Å². The van der Waals surface area contributed by atoms with Gasteiger partial charge in [0, 0.05) is 0 Å². The van der Waals surface area contributed by atoms with Crippen LogP contribution in [0.15, 0.2) is 0 Å². The van der Waals surface area contributed by atoms with E-state index >= 15 is 0 Å². The van der Waals surface area contributed by atoms with Crippen LogP contribution in [0.2, 0.25) is 0 Å². The van der Waals surface area contributed by atoms with Crippen molar-refractivity contribution in [1.29, 1.82) is 0 Å². The Bertz CT molecular complexity index is 683. The molecule has 0 spiro atoms. The van der Waals surface area contributed by atoms with Crippen LogP contribution in [0.4, 0.5) is 17.6 Å². The van der Waals surface area contributed by atoms with Gasteiger partial charge in [-0.25, -0.2) is 4.39 Å². The first-order valence-corrected chi connectivity index (χ1v) is 12.0. The van der Waals surface area contributed by atoms with Gasteiger partial charge in [0.1, 0.15) is 6.67 Å². The zero-order valence-electron chi connectivity index (χ0n) is 18.0. The molecule has 5 aliphatic carbocycles. The van der Waals surface area contributed by atoms with Crippen LogP contribution in [0.3, 0.4) is 0 Å². The van der Waals surface area contributed by atoms with Crippen LogP contribution in [-0.2, 0) is 0 Å². The second-order valence-electron chi connectivity index (χ2n) is 11.8. The van der Waals surface area contributed by atoms with Gasteiger partial charge >= 0.3 is 6.18 Å². The van der Waals surface area contributed by atoms with E-state index in [0.717, 1.165) is 25.7 Å². The summed E-state index contributed by atoms with van der Waals surface area (Å²) in [5, 5.41) is 20.5. The number of aliphatic hydroxyl groups is 2. The summed E-state index contributed by atoms with van der Waals surface area (Å²) in [6.07, 6.45) is -0.190. The summed E-state index contributed by atoms with van der Waals surface area (Å²) in [6, 6.07) is 0. The van der Waals surface area contributed by atoms with Gasteiger partial charge in [-0.05, 0) is 110 Å². The zero-order valence-corrected chi connectivity index (χ0v) is 18.0. The monoisotopic (exact) mass is 432 g/mol. The van der Waals surface area contributed by atoms with E-state index in [2.05, 4.69) is 6.92 Å². The molecule has 2 nitrogen and oxygen atoms in total. The molecular formula is C24H36F4O2. The molecular weight excluding hydrogens is 396 g/mol. The van der Waals surface area contributed by atoms with Crippen molar-refractivity contribution in [3.8, 4) is 0 Å². The average Bonchev–Trinajstić information content (AvgIpc) is 3.39. The lowest BCUT2D eigenvalue weighted by Gasteiger charge is -2.58. The van der Waals surface area contributed by atoms with Gasteiger partial charge < -0.3 is 10.2 Å². The second-order valence-corrected chi connectivity index (χ2v) is 11.8. The summed E-state index contributed by atoms with van der Waals surface area (Å²) in [5.41, 5.74) is -2.37. The van der Waals surface area contributed by atoms with Gasteiger partial charge in [-0.2, -0.15) is 13.2 Å². The molecule has 0 heterocycles. The van der Waals surface area contributed by atoms with Gasteiger partial charge in [-0.3, -0.25) is 0 Å². The van der Waals surface area contributed by atoms with E-state index in [9.17, 15) is 27.8 Å². The van der Waals surface area contributed by atoms with Crippen LogP contribution in [-0.4, -0.2) is 34.8 Å². The largest absolute Gasteiger partial charge is 0.417 e. The molecule has 5 fully saturated rings. The van der Waals surface area contributed by atoms with Gasteiger partial charge in [0.2, 0.25) is 0 Å². The molecule has 12 atom stereocenters. The minimum Gasteiger partial charge on any atom is -0.390 e. The van der Waals surface area contributed by atoms with Crippen LogP contribution in [0.25, 0.3) is 0 Å². The molecule has 5 rings (SSSR count). The van der Waals surface area contributed by atoms with Crippen molar-refractivity contribution < 1.29 is 27.8 Å². The Hall–Kier alpha value is -0.360. The number of hydrogen-bond acceptors (Lipinski definition) is 2. The molecule has 5 aliphatic rings. The Morgan fingerprint density at radius 1 is 0.967 bits per heavy atom. The van der Waals surface area contributed by atoms with Gasteiger partial charge in [0.15, 0.2) is 5.60 Å². The average molecular weight is 433 g/mol. The van der Waals surface area contributed by atoms with Gasteiger partial charge in [0.25, 0.3) is 0 Å². The SMILES string of the molecule is C[C@@H]([C@H]1[C@H]2C[C@H]2[C@H]2[C@@H]3CC[C@@H]4C[C@@](O)(C(F)(F)F)CC[C@@H]4[C@H]3CC[C@@]21C)[C@H](O)CF. The number of fused-ring (bicyclic) bond motifs is 7. The molecule has 0 aromatic carbocycles. The van der Waals surface area contributed by atoms with E-state index in [1.54, 1.807) is 0 Å². The highest BCUT2D eigenvalue weighted by Gasteiger charge is 2.70. The number of halogens is 4. The highest BCUT2D eigenvalue weighted by atomic mass is 19.4. The third-order valence-corrected chi connectivity index (χ3v) is 10.7. The summed E-state index contributed by atoms with van der Waals surface area (Å²) >= 11 is 0. The smallest absolute Gasteiger partial charge is 0.390 e. The Balaban J connectivity index is 1.36. The van der Waals surface area contributed by atoms with E-state index in [1.807, 2.05) is 6.92 Å². The minimum absolute atomic E-state index is 0.0181. The normalized spacial score (nSPS) is 54.4. The van der Waals surface area contributed by atoms with E-state index in [4.69, 9.17) is 0 Å². The molecule has 2 N–H and O–H groups in total. The van der Waals surface area contributed by atoms with Crippen molar-refractivity contribution in [3.05, 3.63) is 0 Å². The third kappa shape index (κ3) is 2.87. The van der Waals surface area contributed by atoms with Gasteiger partial charge in [-0.15, -0.1) is 0 Å². The Morgan fingerprint density at radius 2 is 1.67 bits per heavy atom. The summed E-state index contributed by atoms with van der Waals surface area (Å²) in [6.45, 7) is 3.69. The molecule has 172 valence electrons. The van der Waals surface area contributed by atoms with Crippen molar-refractivity contribution in [2.24, 2.45) is 58.7 Å². The van der Waals surface area contributed by atoms with Crippen molar-refractivity contribution in [1.82, 2.24) is 0 Å². The quantitative estimate of drug-likeness (QED) is 0.589. The third-order valence-electron chi connectivity index (χ3n) is 10.7. The van der Waals surface area contributed by atoms with E-state index in [-0.39, 0.29) is 30.1 Å². The molecule has 0 aromatic heterocycles. The lowest BCUT2D eigenvalue weighted by Crippen LogP contribution is -2.55. The summed E-state index contributed by atoms with van der Waals surface area (Å²) in [5.74, 6) is 3.46. The molecule has 0 radical (unpaired) electrons. The fourth-order valence-corrected chi connectivity index (χ4v) is 9.53. The molecule has 0 saturated heterocycles. The number of alkyl halides is 4. The lowest BCUT2D eigenvalue weighted by molar-refractivity contribution is -0.282. The van der Waals surface area contributed by atoms with E-state index in [1.165, 1.54) is 6.42 Å². The molecule has 0 unspecified atom stereocenters. The van der Waals surface area contributed by atoms with Crippen LogP contribution in [0, 0.1) is 58.7 Å². The standard InChI is InChI=1S/C24H36F4O2/c1-12(19(29)11-25)20-17-9-18(17)21-16-4-3-13-10-23(30,24(26,27)28)8-6-14(13)15(16)5-7-22(20,21)2/h12-21,29-30H,3-11H2,1-2H3/t12-,13-,14+,15-,16-,17+,18-,19-,20+,21-,22-,23-/m1/s1. The molecule has 6 heteroatoms. The highest BCUT2D eigenvalue weighted by Crippen LogP contribution is 2.76. The molecule has 30 heavy (non-hydrogen) atoms. The van der Waals surface area contributed by atoms with Crippen molar-refractivity contribution >= 4 is 0 Å². The molecule has 0 amide bonds. The van der Waals surface area contributed by atoms with Gasteiger partial charge in [-0.1, -0.05) is 13.8 Å². The zero-order chi connectivity index (χ0) is 21.6. The maximum absolute atomic E-state index is 13.4. The van der Waals surface area contributed by atoms with Crippen LogP contribution >= 0.6 is 0 Å². The summed E-state index contributed by atoms with van der Waals surface area (Å²) in [4.78, 5) is 0. The minimum atomic E-state index is -4.53. The van der Waals surface area contributed by atoms with Crippen molar-refractivity contribution in [3.63, 3.8) is 0 Å². The Morgan fingerprint density at radius 3 is 2.33 bits per heavy atom. The number of hydrogen-bond donors (Lipinski definition) is 2. The maximum atomic E-state index is 13.4. The first kappa shape index (κ1) is 21.5. The predicted octanol–water partition coefficient (Wildman–Crippen LogP) is 5.37. The molecule has 0 aromatic rings. The predicted molar refractivity (Wildman–Crippen MR) is 105 cm³/mol. The van der Waals surface area contributed by atoms with Crippen LogP contribution in [0.1, 0.15) is 65.2 Å². The molecule has 0 bridgehead atoms. The van der Waals surface area contributed by atoms with E-state index in [0.29, 0.717) is 47.8 Å². The maximum Gasteiger partial charge on any atom is 0.417 e. The Labute approximate surface area is 176 Å². The van der Waals surface area contributed by atoms with E-state index < -0.39 is 24.6 Å². The lowest BCUT2D eigenvalue weighted by atomic mass is 9.47. The summed E-state index contributed by atoms with van der Waals surface area (Å²) < 4.78 is 53.5.